The van der Waals surface area contributed by atoms with Crippen molar-refractivity contribution >= 4 is 17.5 Å². The predicted molar refractivity (Wildman–Crippen MR) is 72.3 cm³/mol. The predicted octanol–water partition coefficient (Wildman–Crippen LogP) is 2.80. The number of nitrogens with one attached hydrogen (secondary N) is 1. The fourth-order valence-electron chi connectivity index (χ4n) is 1.62. The Balaban J connectivity index is 1.83. The van der Waals surface area contributed by atoms with Gasteiger partial charge in [0.05, 0.1) is 20.1 Å². The fourth-order valence-corrected chi connectivity index (χ4v) is 1.79. The van der Waals surface area contributed by atoms with Crippen LogP contribution in [-0.4, -0.2) is 13.0 Å². The van der Waals surface area contributed by atoms with Crippen molar-refractivity contribution in [2.45, 2.75) is 13.0 Å². The highest BCUT2D eigenvalue weighted by molar-refractivity contribution is 6.28. The molecule has 0 bridgehead atoms. The summed E-state index contributed by atoms with van der Waals surface area (Å²) in [4.78, 5) is 11.7. The number of methoxy groups -OCH3 is 1. The summed E-state index contributed by atoms with van der Waals surface area (Å²) in [6.07, 6.45) is 0.318. The van der Waals surface area contributed by atoms with Crippen LogP contribution in [0.15, 0.2) is 40.8 Å². The minimum atomic E-state index is -0.0716. The average Bonchev–Trinajstić information content (AvgIpc) is 2.83. The van der Waals surface area contributed by atoms with Crippen LogP contribution in [0.4, 0.5) is 0 Å². The van der Waals surface area contributed by atoms with Gasteiger partial charge >= 0.3 is 0 Å². The van der Waals surface area contributed by atoms with E-state index in [1.807, 2.05) is 24.3 Å². The van der Waals surface area contributed by atoms with Crippen molar-refractivity contribution in [3.8, 4) is 5.75 Å². The van der Waals surface area contributed by atoms with Gasteiger partial charge in [-0.1, -0.05) is 12.1 Å². The van der Waals surface area contributed by atoms with Gasteiger partial charge in [-0.3, -0.25) is 4.79 Å². The molecule has 1 amide bonds. The van der Waals surface area contributed by atoms with E-state index in [0.717, 1.165) is 11.3 Å². The first kappa shape index (κ1) is 13.5. The van der Waals surface area contributed by atoms with Crippen molar-refractivity contribution in [1.29, 1.82) is 0 Å². The summed E-state index contributed by atoms with van der Waals surface area (Å²) in [5.74, 6) is 1.33. The first-order valence-corrected chi connectivity index (χ1v) is 6.19. The van der Waals surface area contributed by atoms with Crippen LogP contribution in [0.1, 0.15) is 11.3 Å². The molecular weight excluding hydrogens is 266 g/mol. The third kappa shape index (κ3) is 4.03. The summed E-state index contributed by atoms with van der Waals surface area (Å²) in [5.41, 5.74) is 0.927. The van der Waals surface area contributed by atoms with Crippen LogP contribution in [0.3, 0.4) is 0 Å². The van der Waals surface area contributed by atoms with E-state index < -0.39 is 0 Å². The number of ether oxygens (including phenoxy) is 1. The number of amides is 1. The van der Waals surface area contributed by atoms with E-state index in [0.29, 0.717) is 23.9 Å². The molecule has 0 unspecified atom stereocenters. The minimum Gasteiger partial charge on any atom is -0.497 e. The second kappa shape index (κ2) is 6.29. The van der Waals surface area contributed by atoms with Crippen LogP contribution < -0.4 is 10.1 Å². The number of halogens is 1. The van der Waals surface area contributed by atoms with E-state index in [2.05, 4.69) is 5.32 Å². The Bertz CT molecular complexity index is 548. The van der Waals surface area contributed by atoms with E-state index in [4.69, 9.17) is 20.8 Å². The molecule has 4 nitrogen and oxygen atoms in total. The van der Waals surface area contributed by atoms with Crippen LogP contribution in [-0.2, 0) is 17.8 Å². The lowest BCUT2D eigenvalue weighted by atomic mass is 10.1. The van der Waals surface area contributed by atoms with Gasteiger partial charge in [0.1, 0.15) is 11.5 Å². The highest BCUT2D eigenvalue weighted by Gasteiger charge is 2.05. The van der Waals surface area contributed by atoms with Gasteiger partial charge in [-0.05, 0) is 41.4 Å². The van der Waals surface area contributed by atoms with Crippen molar-refractivity contribution < 1.29 is 13.9 Å². The lowest BCUT2D eigenvalue weighted by molar-refractivity contribution is -0.120. The quantitative estimate of drug-likeness (QED) is 0.916. The molecular formula is C14H14ClNO3. The Morgan fingerprint density at radius 1 is 1.26 bits per heavy atom. The van der Waals surface area contributed by atoms with Crippen molar-refractivity contribution in [3.63, 3.8) is 0 Å². The molecule has 2 aromatic rings. The summed E-state index contributed by atoms with van der Waals surface area (Å²) in [6, 6.07) is 10.8. The molecule has 100 valence electrons. The van der Waals surface area contributed by atoms with Crippen molar-refractivity contribution in [2.24, 2.45) is 0 Å². The van der Waals surface area contributed by atoms with E-state index in [9.17, 15) is 4.79 Å². The maximum Gasteiger partial charge on any atom is 0.224 e. The van der Waals surface area contributed by atoms with Crippen LogP contribution in [0.25, 0.3) is 0 Å². The number of carbonyl (C=O) groups excluding carboxylic acids is 1. The SMILES string of the molecule is COc1ccc(CC(=O)NCc2ccc(Cl)o2)cc1. The molecule has 0 fully saturated rings. The number of furan rings is 1. The fraction of sp³-hybridized carbons (Fsp3) is 0.214. The zero-order valence-corrected chi connectivity index (χ0v) is 11.2. The Morgan fingerprint density at radius 3 is 2.58 bits per heavy atom. The van der Waals surface area contributed by atoms with E-state index >= 15 is 0 Å². The summed E-state index contributed by atoms with van der Waals surface area (Å²) in [6.45, 7) is 0.335. The van der Waals surface area contributed by atoms with Gasteiger partial charge in [-0.2, -0.15) is 0 Å². The number of benzene rings is 1. The van der Waals surface area contributed by atoms with Gasteiger partial charge in [0, 0.05) is 0 Å². The molecule has 5 heteroatoms. The van der Waals surface area contributed by atoms with Crippen LogP contribution >= 0.6 is 11.6 Å². The molecule has 0 saturated heterocycles. The Kier molecular flexibility index (Phi) is 4.47. The van der Waals surface area contributed by atoms with Gasteiger partial charge < -0.3 is 14.5 Å². The minimum absolute atomic E-state index is 0.0716. The molecule has 0 radical (unpaired) electrons. The molecule has 0 spiro atoms. The number of carbonyl (C=O) groups is 1. The van der Waals surface area contributed by atoms with E-state index in [1.54, 1.807) is 19.2 Å². The van der Waals surface area contributed by atoms with Gasteiger partial charge in [0.2, 0.25) is 5.91 Å². The van der Waals surface area contributed by atoms with Crippen LogP contribution in [0, 0.1) is 0 Å². The lowest BCUT2D eigenvalue weighted by Gasteiger charge is -2.04. The summed E-state index contributed by atoms with van der Waals surface area (Å²) >= 11 is 5.64. The molecule has 19 heavy (non-hydrogen) atoms. The monoisotopic (exact) mass is 279 g/mol. The molecule has 2 rings (SSSR count). The molecule has 0 atom stereocenters. The smallest absolute Gasteiger partial charge is 0.224 e. The van der Waals surface area contributed by atoms with Crippen LogP contribution in [0.5, 0.6) is 5.75 Å². The number of rotatable bonds is 5. The second-order valence-electron chi connectivity index (χ2n) is 4.01. The topological polar surface area (TPSA) is 51.5 Å². The Labute approximate surface area is 116 Å². The van der Waals surface area contributed by atoms with Gasteiger partial charge in [0.15, 0.2) is 5.22 Å². The molecule has 0 aliphatic heterocycles. The summed E-state index contributed by atoms with van der Waals surface area (Å²) in [7, 11) is 1.61. The van der Waals surface area contributed by atoms with Gasteiger partial charge in [-0.15, -0.1) is 0 Å². The number of hydrogen-bond acceptors (Lipinski definition) is 3. The third-order valence-electron chi connectivity index (χ3n) is 2.61. The van der Waals surface area contributed by atoms with Crippen molar-refractivity contribution in [3.05, 3.63) is 52.9 Å². The van der Waals surface area contributed by atoms with E-state index in [-0.39, 0.29) is 5.91 Å². The molecule has 0 saturated carbocycles. The summed E-state index contributed by atoms with van der Waals surface area (Å²) in [5, 5.41) is 3.09. The summed E-state index contributed by atoms with van der Waals surface area (Å²) < 4.78 is 10.2. The molecule has 0 aliphatic rings. The Morgan fingerprint density at radius 2 is 2.00 bits per heavy atom. The lowest BCUT2D eigenvalue weighted by Crippen LogP contribution is -2.24. The standard InChI is InChI=1S/C14H14ClNO3/c1-18-11-4-2-10(3-5-11)8-14(17)16-9-12-6-7-13(15)19-12/h2-7H,8-9H2,1H3,(H,16,17). The molecule has 1 N–H and O–H groups in total. The van der Waals surface area contributed by atoms with Gasteiger partial charge in [0.25, 0.3) is 0 Å². The molecule has 1 heterocycles. The maximum absolute atomic E-state index is 11.7. The first-order chi connectivity index (χ1) is 9.17. The van der Waals surface area contributed by atoms with Gasteiger partial charge in [-0.25, -0.2) is 0 Å². The normalized spacial score (nSPS) is 10.2. The zero-order valence-electron chi connectivity index (χ0n) is 10.5. The molecule has 1 aromatic heterocycles. The molecule has 1 aromatic carbocycles. The second-order valence-corrected chi connectivity index (χ2v) is 4.38. The third-order valence-corrected chi connectivity index (χ3v) is 2.82. The van der Waals surface area contributed by atoms with Crippen LogP contribution in [0.2, 0.25) is 5.22 Å². The van der Waals surface area contributed by atoms with E-state index in [1.165, 1.54) is 0 Å². The maximum atomic E-state index is 11.7. The van der Waals surface area contributed by atoms with Crippen molar-refractivity contribution in [1.82, 2.24) is 5.32 Å². The van der Waals surface area contributed by atoms with Crippen molar-refractivity contribution in [2.75, 3.05) is 7.11 Å². The number of hydrogen-bond donors (Lipinski definition) is 1. The highest BCUT2D eigenvalue weighted by atomic mass is 35.5. The zero-order chi connectivity index (χ0) is 13.7. The molecule has 0 aliphatic carbocycles. The Hall–Kier alpha value is -1.94. The highest BCUT2D eigenvalue weighted by Crippen LogP contribution is 2.13. The average molecular weight is 280 g/mol. The first-order valence-electron chi connectivity index (χ1n) is 5.81. The largest absolute Gasteiger partial charge is 0.497 e.